The van der Waals surface area contributed by atoms with Gasteiger partial charge in [0.05, 0.1) is 16.1 Å². The highest BCUT2D eigenvalue weighted by Gasteiger charge is 2.32. The summed E-state index contributed by atoms with van der Waals surface area (Å²) < 4.78 is 46.6. The van der Waals surface area contributed by atoms with Gasteiger partial charge in [-0.05, 0) is 68.4 Å². The number of furan rings is 1. The maximum absolute atomic E-state index is 13.5. The number of hydrogen-bond donors (Lipinski definition) is 0. The number of pyridine rings is 1. The highest BCUT2D eigenvalue weighted by atomic mass is 32.2. The molecule has 0 atom stereocenters. The molecular weight excluding hydrogens is 435 g/mol. The smallest absolute Gasteiger partial charge is 0.272 e. The van der Waals surface area contributed by atoms with E-state index in [0.29, 0.717) is 26.6 Å². The van der Waals surface area contributed by atoms with Crippen LogP contribution in [0.5, 0.6) is 0 Å². The topological polar surface area (TPSA) is 97.6 Å². The Morgan fingerprint density at radius 3 is 2.28 bits per heavy atom. The lowest BCUT2D eigenvalue weighted by atomic mass is 10.1. The van der Waals surface area contributed by atoms with E-state index in [1.165, 1.54) is 49.6 Å². The van der Waals surface area contributed by atoms with Crippen molar-refractivity contribution in [1.82, 2.24) is 4.98 Å². The summed E-state index contributed by atoms with van der Waals surface area (Å²) >= 11 is 0. The largest absolute Gasteiger partial charge is 0.461 e. The van der Waals surface area contributed by atoms with Crippen molar-refractivity contribution in [2.45, 2.75) is 18.7 Å². The summed E-state index contributed by atoms with van der Waals surface area (Å²) in [7, 11) is -4.43. The van der Waals surface area contributed by atoms with Crippen molar-refractivity contribution in [2.24, 2.45) is 0 Å². The van der Waals surface area contributed by atoms with Crippen LogP contribution in [-0.4, -0.2) is 25.1 Å². The van der Waals surface area contributed by atoms with Gasteiger partial charge < -0.3 is 4.42 Å². The van der Waals surface area contributed by atoms with Crippen LogP contribution in [0.3, 0.4) is 0 Å². The van der Waals surface area contributed by atoms with Crippen LogP contribution in [0.2, 0.25) is 0 Å². The molecule has 0 spiro atoms. The molecule has 0 saturated heterocycles. The summed E-state index contributed by atoms with van der Waals surface area (Å²) in [4.78, 5) is 29.1. The van der Waals surface area contributed by atoms with Crippen molar-refractivity contribution in [3.05, 3.63) is 89.7 Å². The van der Waals surface area contributed by atoms with Crippen LogP contribution in [0.4, 0.5) is 10.1 Å². The zero-order valence-corrected chi connectivity index (χ0v) is 17.9. The van der Waals surface area contributed by atoms with Crippen LogP contribution in [0.1, 0.15) is 33.4 Å². The van der Waals surface area contributed by atoms with Gasteiger partial charge in [0.2, 0.25) is 0 Å². The number of amides is 1. The van der Waals surface area contributed by atoms with Crippen LogP contribution in [-0.2, 0) is 10.0 Å². The van der Waals surface area contributed by atoms with Gasteiger partial charge in [0.1, 0.15) is 17.2 Å². The van der Waals surface area contributed by atoms with Crippen LogP contribution >= 0.6 is 0 Å². The second-order valence-corrected chi connectivity index (χ2v) is 8.82. The Hall–Kier alpha value is -3.85. The minimum Gasteiger partial charge on any atom is -0.461 e. The first kappa shape index (κ1) is 21.4. The molecule has 9 heteroatoms. The summed E-state index contributed by atoms with van der Waals surface area (Å²) in [5.41, 5.74) is 0.775. The minimum atomic E-state index is -4.43. The number of rotatable bonds is 5. The molecular formula is C23H17FN2O5S. The fourth-order valence-electron chi connectivity index (χ4n) is 3.46. The zero-order chi connectivity index (χ0) is 23.0. The molecule has 1 amide bonds. The van der Waals surface area contributed by atoms with E-state index in [0.717, 1.165) is 24.3 Å². The molecule has 0 saturated carbocycles. The van der Waals surface area contributed by atoms with Gasteiger partial charge in [-0.1, -0.05) is 0 Å². The molecule has 32 heavy (non-hydrogen) atoms. The predicted octanol–water partition coefficient (Wildman–Crippen LogP) is 4.51. The van der Waals surface area contributed by atoms with Crippen molar-refractivity contribution < 1.29 is 26.8 Å². The van der Waals surface area contributed by atoms with Gasteiger partial charge in [-0.2, -0.15) is 4.31 Å². The van der Waals surface area contributed by atoms with E-state index in [-0.39, 0.29) is 21.9 Å². The van der Waals surface area contributed by atoms with E-state index in [2.05, 4.69) is 4.98 Å². The number of ketones is 1. The first-order valence-corrected chi connectivity index (χ1v) is 10.9. The summed E-state index contributed by atoms with van der Waals surface area (Å²) in [5, 5.41) is 0.384. The molecule has 4 aromatic rings. The van der Waals surface area contributed by atoms with Gasteiger partial charge in [-0.25, -0.2) is 12.8 Å². The Balaban J connectivity index is 1.96. The van der Waals surface area contributed by atoms with E-state index >= 15 is 0 Å². The normalized spacial score (nSPS) is 11.5. The number of hydrogen-bond acceptors (Lipinski definition) is 6. The first-order chi connectivity index (χ1) is 15.2. The maximum atomic E-state index is 13.5. The molecule has 0 aliphatic carbocycles. The van der Waals surface area contributed by atoms with Gasteiger partial charge in [-0.15, -0.1) is 0 Å². The predicted molar refractivity (Wildman–Crippen MR) is 116 cm³/mol. The van der Waals surface area contributed by atoms with Gasteiger partial charge >= 0.3 is 0 Å². The Bertz CT molecular complexity index is 1450. The number of nitrogens with zero attached hydrogens (tertiary/aromatic N) is 2. The molecule has 0 unspecified atom stereocenters. The monoisotopic (exact) mass is 452 g/mol. The number of aryl methyl sites for hydroxylation is 1. The quantitative estimate of drug-likeness (QED) is 0.413. The Morgan fingerprint density at radius 1 is 1.00 bits per heavy atom. The third-order valence-electron chi connectivity index (χ3n) is 4.90. The van der Waals surface area contributed by atoms with E-state index in [9.17, 15) is 22.4 Å². The fraction of sp³-hybridized carbons (Fsp3) is 0.0870. The standard InChI is InChI=1S/C23H17FN2O5S/c1-14(27)22-15(2)31-21-8-5-18(13-20(21)22)26(23(28)16-9-11-25-12-10-16)32(29,30)19-6-3-17(24)4-7-19/h3-13H,1-2H3. The third-order valence-corrected chi connectivity index (χ3v) is 6.62. The van der Waals surface area contributed by atoms with Crippen molar-refractivity contribution >= 4 is 38.4 Å². The van der Waals surface area contributed by atoms with Crippen molar-refractivity contribution in [3.8, 4) is 0 Å². The van der Waals surface area contributed by atoms with Crippen LogP contribution in [0, 0.1) is 12.7 Å². The molecule has 0 radical (unpaired) electrons. The number of halogens is 1. The molecule has 4 rings (SSSR count). The van der Waals surface area contributed by atoms with Crippen molar-refractivity contribution in [3.63, 3.8) is 0 Å². The summed E-state index contributed by atoms with van der Waals surface area (Å²) in [5.74, 6) is -1.32. The molecule has 2 aromatic heterocycles. The van der Waals surface area contributed by atoms with Gasteiger partial charge in [-0.3, -0.25) is 14.6 Å². The Morgan fingerprint density at radius 2 is 1.66 bits per heavy atom. The highest BCUT2D eigenvalue weighted by molar-refractivity contribution is 7.93. The lowest BCUT2D eigenvalue weighted by molar-refractivity contribution is 0.1000. The van der Waals surface area contributed by atoms with Gasteiger partial charge in [0, 0.05) is 23.3 Å². The number of aromatic nitrogens is 1. The molecule has 162 valence electrons. The molecule has 2 heterocycles. The van der Waals surface area contributed by atoms with Crippen LogP contribution in [0.25, 0.3) is 11.0 Å². The van der Waals surface area contributed by atoms with Crippen molar-refractivity contribution in [1.29, 1.82) is 0 Å². The van der Waals surface area contributed by atoms with E-state index in [1.807, 2.05) is 0 Å². The zero-order valence-electron chi connectivity index (χ0n) is 17.1. The molecule has 0 aliphatic heterocycles. The lowest BCUT2D eigenvalue weighted by Gasteiger charge is -2.23. The summed E-state index contributed by atoms with van der Waals surface area (Å²) in [6, 6.07) is 11.3. The number of fused-ring (bicyclic) bond motifs is 1. The molecule has 0 aliphatic rings. The van der Waals surface area contributed by atoms with Crippen LogP contribution < -0.4 is 4.31 Å². The number of carbonyl (C=O) groups is 2. The molecule has 2 aromatic carbocycles. The second-order valence-electron chi connectivity index (χ2n) is 7.03. The van der Waals surface area contributed by atoms with E-state index < -0.39 is 21.7 Å². The lowest BCUT2D eigenvalue weighted by Crippen LogP contribution is -2.37. The number of benzene rings is 2. The van der Waals surface area contributed by atoms with Crippen LogP contribution in [0.15, 0.2) is 76.3 Å². The SMILES string of the molecule is CC(=O)c1c(C)oc2ccc(N(C(=O)c3ccncc3)S(=O)(=O)c3ccc(F)cc3)cc12. The highest BCUT2D eigenvalue weighted by Crippen LogP contribution is 2.33. The fourth-order valence-corrected chi connectivity index (χ4v) is 4.87. The average molecular weight is 452 g/mol. The molecule has 7 nitrogen and oxygen atoms in total. The second kappa shape index (κ2) is 8.01. The first-order valence-electron chi connectivity index (χ1n) is 9.49. The summed E-state index contributed by atoms with van der Waals surface area (Å²) in [6.07, 6.45) is 2.73. The molecule has 0 bridgehead atoms. The molecule has 0 fully saturated rings. The number of carbonyl (C=O) groups excluding carboxylic acids is 2. The Kier molecular flexibility index (Phi) is 5.35. The number of sulfonamides is 1. The number of Topliss-reactive ketones (excluding diaryl/α,β-unsaturated/α-hetero) is 1. The number of anilines is 1. The Labute approximate surface area is 183 Å². The van der Waals surface area contributed by atoms with Gasteiger partial charge in [0.25, 0.3) is 15.9 Å². The maximum Gasteiger partial charge on any atom is 0.272 e. The molecule has 0 N–H and O–H groups in total. The minimum absolute atomic E-state index is 0.00642. The van der Waals surface area contributed by atoms with E-state index in [1.54, 1.807) is 6.92 Å². The average Bonchev–Trinajstić information content (AvgIpc) is 3.10. The van der Waals surface area contributed by atoms with E-state index in [4.69, 9.17) is 4.42 Å². The summed E-state index contributed by atoms with van der Waals surface area (Å²) in [6.45, 7) is 3.00. The van der Waals surface area contributed by atoms with Crippen molar-refractivity contribution in [2.75, 3.05) is 4.31 Å². The van der Waals surface area contributed by atoms with Gasteiger partial charge in [0.15, 0.2) is 5.78 Å². The third kappa shape index (κ3) is 3.67.